The van der Waals surface area contributed by atoms with Crippen molar-refractivity contribution in [2.24, 2.45) is 17.8 Å². The minimum Gasteiger partial charge on any atom is -0.373 e. The number of nitrogens with zero attached hydrogens (tertiary/aromatic N) is 1. The molecule has 4 saturated carbocycles. The number of aryl methyl sites for hydroxylation is 1. The molecule has 0 aliphatic heterocycles. The molecule has 24 heavy (non-hydrogen) atoms. The number of rotatable bonds is 5. The van der Waals surface area contributed by atoms with E-state index in [0.29, 0.717) is 13.2 Å². The third-order valence-corrected chi connectivity index (χ3v) is 6.46. The van der Waals surface area contributed by atoms with Crippen LogP contribution in [0.5, 0.6) is 0 Å². The number of hydrogen-bond acceptors (Lipinski definition) is 2. The molecule has 3 nitrogen and oxygen atoms in total. The number of hydrogen-bond donors (Lipinski definition) is 0. The largest absolute Gasteiger partial charge is 0.373 e. The molecular weight excluding hydrogens is 298 g/mol. The summed E-state index contributed by atoms with van der Waals surface area (Å²) in [5.41, 5.74) is 2.08. The quantitative estimate of drug-likeness (QED) is 0.816. The van der Waals surface area contributed by atoms with Gasteiger partial charge in [-0.1, -0.05) is 17.7 Å². The molecule has 3 heteroatoms. The van der Waals surface area contributed by atoms with Crippen LogP contribution >= 0.6 is 0 Å². The number of carbonyl (C=O) groups is 1. The van der Waals surface area contributed by atoms with Crippen LogP contribution in [0.15, 0.2) is 24.3 Å². The Morgan fingerprint density at radius 2 is 1.62 bits per heavy atom. The summed E-state index contributed by atoms with van der Waals surface area (Å²) in [6, 6.07) is 7.81. The Kier molecular flexibility index (Phi) is 4.16. The van der Waals surface area contributed by atoms with Crippen LogP contribution in [-0.4, -0.2) is 36.6 Å². The van der Waals surface area contributed by atoms with E-state index in [1.54, 1.807) is 4.90 Å². The minimum absolute atomic E-state index is 0.0871. The van der Waals surface area contributed by atoms with Crippen LogP contribution in [0.3, 0.4) is 0 Å². The summed E-state index contributed by atoms with van der Waals surface area (Å²) in [4.78, 5) is 14.3. The van der Waals surface area contributed by atoms with Crippen molar-refractivity contribution in [1.29, 1.82) is 0 Å². The monoisotopic (exact) mass is 327 g/mol. The first-order valence-corrected chi connectivity index (χ1v) is 9.49. The van der Waals surface area contributed by atoms with Gasteiger partial charge in [0.15, 0.2) is 0 Å². The van der Waals surface area contributed by atoms with Gasteiger partial charge in [0, 0.05) is 19.2 Å². The Bertz CT molecular complexity index is 571. The van der Waals surface area contributed by atoms with Crippen molar-refractivity contribution in [2.45, 2.75) is 51.0 Å². The second-order valence-electron chi connectivity index (χ2n) is 8.54. The molecule has 5 rings (SSSR count). The van der Waals surface area contributed by atoms with E-state index in [4.69, 9.17) is 4.74 Å². The molecule has 1 amide bonds. The highest BCUT2D eigenvalue weighted by atomic mass is 16.5. The van der Waals surface area contributed by atoms with Gasteiger partial charge in [0.25, 0.3) is 5.91 Å². The van der Waals surface area contributed by atoms with Gasteiger partial charge >= 0.3 is 0 Å². The molecule has 4 aliphatic rings. The molecule has 1 aromatic carbocycles. The summed E-state index contributed by atoms with van der Waals surface area (Å²) >= 11 is 0. The topological polar surface area (TPSA) is 29.5 Å². The summed E-state index contributed by atoms with van der Waals surface area (Å²) in [6.45, 7) is 3.38. The Morgan fingerprint density at radius 1 is 1.08 bits per heavy atom. The Labute approximate surface area is 145 Å². The van der Waals surface area contributed by atoms with Crippen LogP contribution in [0.4, 0.5) is 0 Å². The van der Waals surface area contributed by atoms with Crippen molar-refractivity contribution in [3.63, 3.8) is 0 Å². The van der Waals surface area contributed by atoms with Gasteiger partial charge in [0.2, 0.25) is 0 Å². The highest BCUT2D eigenvalue weighted by Crippen LogP contribution is 2.57. The lowest BCUT2D eigenvalue weighted by Gasteiger charge is -2.56. The number of carbonyl (C=O) groups excluding carboxylic acids is 1. The molecule has 1 aromatic rings. The predicted octanol–water partition coefficient (Wildman–Crippen LogP) is 4.05. The standard InChI is InChI=1S/C21H29NO2/c1-15-3-5-19(6-4-15)20(23)22(2)7-8-24-21-12-16-9-17(13-21)11-18(10-16)14-21/h3-6,16-18H,7-14H2,1-2H3. The molecule has 0 radical (unpaired) electrons. The lowest BCUT2D eigenvalue weighted by atomic mass is 9.54. The van der Waals surface area contributed by atoms with E-state index in [1.807, 2.05) is 38.2 Å². The lowest BCUT2D eigenvalue weighted by molar-refractivity contribution is -0.163. The highest BCUT2D eigenvalue weighted by Gasteiger charge is 2.51. The van der Waals surface area contributed by atoms with Crippen LogP contribution in [0.1, 0.15) is 54.4 Å². The number of amides is 1. The van der Waals surface area contributed by atoms with Gasteiger partial charge in [0.1, 0.15) is 0 Å². The predicted molar refractivity (Wildman–Crippen MR) is 95.0 cm³/mol. The van der Waals surface area contributed by atoms with Crippen molar-refractivity contribution in [3.8, 4) is 0 Å². The fourth-order valence-corrected chi connectivity index (χ4v) is 5.63. The molecule has 0 heterocycles. The lowest BCUT2D eigenvalue weighted by Crippen LogP contribution is -2.52. The number of likely N-dealkylation sites (N-methyl/N-ethyl adjacent to an activating group) is 1. The van der Waals surface area contributed by atoms with Gasteiger partial charge in [-0.2, -0.15) is 0 Å². The molecule has 0 N–H and O–H groups in total. The number of benzene rings is 1. The summed E-state index contributed by atoms with van der Waals surface area (Å²) in [7, 11) is 1.88. The van der Waals surface area contributed by atoms with Gasteiger partial charge in [-0.05, 0) is 75.3 Å². The molecule has 130 valence electrons. The average molecular weight is 327 g/mol. The molecular formula is C21H29NO2. The maximum atomic E-state index is 12.5. The highest BCUT2D eigenvalue weighted by molar-refractivity contribution is 5.94. The van der Waals surface area contributed by atoms with Crippen molar-refractivity contribution in [2.75, 3.05) is 20.2 Å². The first kappa shape index (κ1) is 16.1. The maximum absolute atomic E-state index is 12.5. The zero-order valence-electron chi connectivity index (χ0n) is 15.0. The molecule has 0 saturated heterocycles. The van der Waals surface area contributed by atoms with E-state index in [2.05, 4.69) is 0 Å². The van der Waals surface area contributed by atoms with Crippen LogP contribution in [-0.2, 0) is 4.74 Å². The molecule has 4 bridgehead atoms. The fraction of sp³-hybridized carbons (Fsp3) is 0.667. The SMILES string of the molecule is Cc1ccc(C(=O)N(C)CCOC23CC4CC(CC(C4)C2)C3)cc1. The van der Waals surface area contributed by atoms with Crippen molar-refractivity contribution in [1.82, 2.24) is 4.90 Å². The van der Waals surface area contributed by atoms with Crippen molar-refractivity contribution < 1.29 is 9.53 Å². The van der Waals surface area contributed by atoms with Crippen LogP contribution in [0.25, 0.3) is 0 Å². The van der Waals surface area contributed by atoms with Gasteiger partial charge in [-0.3, -0.25) is 4.79 Å². The molecule has 0 unspecified atom stereocenters. The van der Waals surface area contributed by atoms with Gasteiger partial charge in [-0.25, -0.2) is 0 Å². The maximum Gasteiger partial charge on any atom is 0.253 e. The summed E-state index contributed by atoms with van der Waals surface area (Å²) in [5.74, 6) is 2.80. The molecule has 4 fully saturated rings. The second kappa shape index (κ2) is 6.18. The Morgan fingerprint density at radius 3 is 2.17 bits per heavy atom. The van der Waals surface area contributed by atoms with Crippen LogP contribution in [0.2, 0.25) is 0 Å². The summed E-state index contributed by atoms with van der Waals surface area (Å²) in [6.07, 6.45) is 8.09. The van der Waals surface area contributed by atoms with E-state index in [1.165, 1.54) is 44.1 Å². The van der Waals surface area contributed by atoms with E-state index < -0.39 is 0 Å². The van der Waals surface area contributed by atoms with E-state index in [0.717, 1.165) is 23.3 Å². The summed E-state index contributed by atoms with van der Waals surface area (Å²) < 4.78 is 6.42. The third kappa shape index (κ3) is 3.11. The zero-order chi connectivity index (χ0) is 16.7. The van der Waals surface area contributed by atoms with Gasteiger partial charge in [0.05, 0.1) is 12.2 Å². The Hall–Kier alpha value is -1.35. The van der Waals surface area contributed by atoms with Crippen LogP contribution < -0.4 is 0 Å². The van der Waals surface area contributed by atoms with Gasteiger partial charge < -0.3 is 9.64 Å². The zero-order valence-corrected chi connectivity index (χ0v) is 15.0. The van der Waals surface area contributed by atoms with E-state index >= 15 is 0 Å². The molecule has 0 spiro atoms. The van der Waals surface area contributed by atoms with Gasteiger partial charge in [-0.15, -0.1) is 0 Å². The minimum atomic E-state index is 0.0871. The van der Waals surface area contributed by atoms with E-state index in [9.17, 15) is 4.79 Å². The molecule has 0 atom stereocenters. The smallest absolute Gasteiger partial charge is 0.253 e. The van der Waals surface area contributed by atoms with Crippen LogP contribution in [0, 0.1) is 24.7 Å². The first-order valence-electron chi connectivity index (χ1n) is 9.49. The second-order valence-corrected chi connectivity index (χ2v) is 8.54. The normalized spacial score (nSPS) is 33.7. The molecule has 0 aromatic heterocycles. The Balaban J connectivity index is 1.31. The summed E-state index contributed by atoms with van der Waals surface area (Å²) in [5, 5.41) is 0. The third-order valence-electron chi connectivity index (χ3n) is 6.46. The average Bonchev–Trinajstić information content (AvgIpc) is 2.53. The van der Waals surface area contributed by atoms with E-state index in [-0.39, 0.29) is 11.5 Å². The first-order chi connectivity index (χ1) is 11.5. The number of ether oxygens (including phenoxy) is 1. The van der Waals surface area contributed by atoms with Crippen molar-refractivity contribution >= 4 is 5.91 Å². The fourth-order valence-electron chi connectivity index (χ4n) is 5.63. The van der Waals surface area contributed by atoms with Crippen molar-refractivity contribution in [3.05, 3.63) is 35.4 Å². The molecule has 4 aliphatic carbocycles.